The van der Waals surface area contributed by atoms with Gasteiger partial charge >= 0.3 is 0 Å². The van der Waals surface area contributed by atoms with Crippen LogP contribution in [0, 0.1) is 5.82 Å². The lowest BCUT2D eigenvalue weighted by molar-refractivity contribution is -0.112. The molecule has 2 aromatic rings. The van der Waals surface area contributed by atoms with Crippen LogP contribution >= 0.6 is 0 Å². The zero-order chi connectivity index (χ0) is 22.3. The lowest BCUT2D eigenvalue weighted by Gasteiger charge is -2.28. The van der Waals surface area contributed by atoms with Crippen molar-refractivity contribution in [2.24, 2.45) is 4.40 Å². The van der Waals surface area contributed by atoms with Crippen molar-refractivity contribution in [3.8, 4) is 11.4 Å². The van der Waals surface area contributed by atoms with Gasteiger partial charge in [0.15, 0.2) is 11.7 Å². The topological polar surface area (TPSA) is 110 Å². The third-order valence-electron chi connectivity index (χ3n) is 5.68. The summed E-state index contributed by atoms with van der Waals surface area (Å²) in [7, 11) is -3.62. The van der Waals surface area contributed by atoms with E-state index in [2.05, 4.69) is 19.9 Å². The van der Waals surface area contributed by atoms with Crippen LogP contribution in [0.3, 0.4) is 0 Å². The Bertz CT molecular complexity index is 1290. The van der Waals surface area contributed by atoms with Crippen LogP contribution < -0.4 is 5.32 Å². The minimum Gasteiger partial charge on any atom is -0.331 e. The number of amides is 1. The number of amidine groups is 1. The Hall–Kier alpha value is -3.34. The fourth-order valence-electron chi connectivity index (χ4n) is 4.05. The molecule has 3 aliphatic rings. The molecule has 0 aliphatic carbocycles. The van der Waals surface area contributed by atoms with Crippen LogP contribution in [0.2, 0.25) is 0 Å². The number of allylic oxidation sites excluding steroid dienone is 2. The highest BCUT2D eigenvalue weighted by Crippen LogP contribution is 2.28. The zero-order valence-electron chi connectivity index (χ0n) is 17.2. The summed E-state index contributed by atoms with van der Waals surface area (Å²) in [5, 5.41) is 11.1. The summed E-state index contributed by atoms with van der Waals surface area (Å²) >= 11 is 0. The molecule has 4 heterocycles. The number of nitrogens with one attached hydrogen (secondary N) is 1. The van der Waals surface area contributed by atoms with Crippen LogP contribution in [0.15, 0.2) is 46.5 Å². The molecule has 32 heavy (non-hydrogen) atoms. The number of benzene rings is 1. The summed E-state index contributed by atoms with van der Waals surface area (Å²) in [6.07, 6.45) is 8.73. The first-order valence-electron chi connectivity index (χ1n) is 10.4. The number of rotatable bonds is 3. The number of hydrogen-bond acceptors (Lipinski definition) is 6. The van der Waals surface area contributed by atoms with Gasteiger partial charge in [-0.2, -0.15) is 0 Å². The van der Waals surface area contributed by atoms with E-state index in [9.17, 15) is 17.6 Å². The van der Waals surface area contributed by atoms with E-state index in [0.29, 0.717) is 11.5 Å². The van der Waals surface area contributed by atoms with Crippen LogP contribution in [0.1, 0.15) is 25.1 Å². The minimum absolute atomic E-state index is 0.0846. The summed E-state index contributed by atoms with van der Waals surface area (Å²) in [5.74, 6) is 0.247. The maximum Gasteiger partial charge on any atom is 0.259 e. The Kier molecular flexibility index (Phi) is 5.12. The van der Waals surface area contributed by atoms with E-state index in [1.165, 1.54) is 24.3 Å². The van der Waals surface area contributed by atoms with Crippen LogP contribution in [0.5, 0.6) is 0 Å². The molecule has 11 heteroatoms. The maximum atomic E-state index is 14.7. The molecule has 166 valence electrons. The number of hydrogen-bond donors (Lipinski definition) is 1. The number of anilines is 1. The number of nitrogens with zero attached hydrogens (tertiary/aromatic N) is 5. The molecule has 0 saturated heterocycles. The van der Waals surface area contributed by atoms with Crippen molar-refractivity contribution in [1.82, 2.24) is 19.7 Å². The normalized spacial score (nSPS) is 19.3. The number of halogens is 1. The predicted octanol–water partition coefficient (Wildman–Crippen LogP) is 2.25. The van der Waals surface area contributed by atoms with Crippen molar-refractivity contribution in [2.75, 3.05) is 17.6 Å². The average molecular weight is 457 g/mol. The van der Waals surface area contributed by atoms with Crippen LogP contribution in [0.25, 0.3) is 11.4 Å². The second kappa shape index (κ2) is 7.97. The highest BCUT2D eigenvalue weighted by atomic mass is 32.2. The monoisotopic (exact) mass is 456 g/mol. The van der Waals surface area contributed by atoms with Crippen molar-refractivity contribution in [3.63, 3.8) is 0 Å². The number of fused-ring (bicyclic) bond motifs is 2. The van der Waals surface area contributed by atoms with E-state index in [1.807, 2.05) is 4.57 Å². The number of sulfonamides is 1. The van der Waals surface area contributed by atoms with Crippen molar-refractivity contribution in [1.29, 1.82) is 0 Å². The summed E-state index contributed by atoms with van der Waals surface area (Å²) in [4.78, 5) is 14.6. The van der Waals surface area contributed by atoms with Gasteiger partial charge in [-0.05, 0) is 43.2 Å². The van der Waals surface area contributed by atoms with E-state index in [4.69, 9.17) is 0 Å². The minimum atomic E-state index is -3.62. The molecule has 0 spiro atoms. The summed E-state index contributed by atoms with van der Waals surface area (Å²) in [5.41, 5.74) is 0.733. The molecule has 0 bridgehead atoms. The molecular weight excluding hydrogens is 435 g/mol. The zero-order valence-corrected chi connectivity index (χ0v) is 18.0. The first-order chi connectivity index (χ1) is 15.4. The number of aryl methyl sites for hydroxylation is 1. The number of carbonyl (C=O) groups excluding carboxylic acids is 1. The number of aromatic nitrogens is 3. The van der Waals surface area contributed by atoms with Gasteiger partial charge in [-0.3, -0.25) is 4.79 Å². The molecule has 0 saturated carbocycles. The SMILES string of the molecule is O=C(Nc1ccc(F)c(-c2nnc3n2CCCCC3)c1)C1=CC=CN2CCS(=O)(=O)N=C12. The average Bonchev–Trinajstić information content (AvgIpc) is 3.01. The van der Waals surface area contributed by atoms with Gasteiger partial charge in [-0.15, -0.1) is 14.6 Å². The Morgan fingerprint density at radius 2 is 2.00 bits per heavy atom. The van der Waals surface area contributed by atoms with Crippen LogP contribution in [-0.2, 0) is 27.8 Å². The molecule has 0 unspecified atom stereocenters. The predicted molar refractivity (Wildman–Crippen MR) is 117 cm³/mol. The van der Waals surface area contributed by atoms with Gasteiger partial charge in [0, 0.05) is 31.4 Å². The van der Waals surface area contributed by atoms with Gasteiger partial charge in [0.1, 0.15) is 11.6 Å². The van der Waals surface area contributed by atoms with Crippen molar-refractivity contribution >= 4 is 27.5 Å². The van der Waals surface area contributed by atoms with E-state index >= 15 is 0 Å². The Labute approximate surface area is 184 Å². The molecule has 0 fully saturated rings. The summed E-state index contributed by atoms with van der Waals surface area (Å²) < 4.78 is 44.3. The maximum absolute atomic E-state index is 14.7. The molecule has 0 radical (unpaired) electrons. The Morgan fingerprint density at radius 1 is 1.12 bits per heavy atom. The lowest BCUT2D eigenvalue weighted by atomic mass is 10.1. The first-order valence-corrected chi connectivity index (χ1v) is 12.0. The third-order valence-corrected chi connectivity index (χ3v) is 6.83. The fourth-order valence-corrected chi connectivity index (χ4v) is 5.04. The number of carbonyl (C=O) groups is 1. The molecule has 1 amide bonds. The van der Waals surface area contributed by atoms with Crippen molar-refractivity contribution in [3.05, 3.63) is 53.8 Å². The molecule has 0 atom stereocenters. The molecule has 1 aromatic heterocycles. The van der Waals surface area contributed by atoms with Gasteiger partial charge in [0.25, 0.3) is 15.9 Å². The fraction of sp³-hybridized carbons (Fsp3) is 0.333. The van der Waals surface area contributed by atoms with Gasteiger partial charge in [-0.25, -0.2) is 12.8 Å². The summed E-state index contributed by atoms with van der Waals surface area (Å²) in [6, 6.07) is 4.24. The summed E-state index contributed by atoms with van der Waals surface area (Å²) in [6.45, 7) is 0.942. The van der Waals surface area contributed by atoms with Gasteiger partial charge in [0.05, 0.1) is 16.9 Å². The van der Waals surface area contributed by atoms with Gasteiger partial charge in [-0.1, -0.05) is 6.42 Å². The quantitative estimate of drug-likeness (QED) is 0.759. The third kappa shape index (κ3) is 3.83. The molecule has 1 aromatic carbocycles. The molecule has 3 aliphatic heterocycles. The van der Waals surface area contributed by atoms with Crippen molar-refractivity contribution < 1.29 is 17.6 Å². The van der Waals surface area contributed by atoms with Crippen LogP contribution in [-0.4, -0.2) is 52.1 Å². The van der Waals surface area contributed by atoms with Crippen molar-refractivity contribution in [2.45, 2.75) is 32.2 Å². The van der Waals surface area contributed by atoms with E-state index in [0.717, 1.165) is 38.1 Å². The Balaban J connectivity index is 1.44. The standard InChI is InChI=1S/C21H21FN6O3S/c22-17-8-7-14(13-16(17)19-25-24-18-6-2-1-3-10-28(18)19)23-21(29)15-5-4-9-27-11-12-32(30,31)26-20(15)27/h4-5,7-9,13H,1-3,6,10-12H2,(H,23,29). The lowest BCUT2D eigenvalue weighted by Crippen LogP contribution is -2.40. The molecular formula is C21H21FN6O3S. The van der Waals surface area contributed by atoms with Crippen LogP contribution in [0.4, 0.5) is 10.1 Å². The second-order valence-corrected chi connectivity index (χ2v) is 9.62. The van der Waals surface area contributed by atoms with E-state index in [-0.39, 0.29) is 29.3 Å². The Morgan fingerprint density at radius 3 is 2.88 bits per heavy atom. The second-order valence-electron chi connectivity index (χ2n) is 7.87. The highest BCUT2D eigenvalue weighted by molar-refractivity contribution is 7.90. The van der Waals surface area contributed by atoms with E-state index < -0.39 is 21.7 Å². The molecule has 5 rings (SSSR count). The first kappa shape index (κ1) is 20.6. The van der Waals surface area contributed by atoms with Gasteiger partial charge in [0.2, 0.25) is 0 Å². The molecule has 1 N–H and O–H groups in total. The highest BCUT2D eigenvalue weighted by Gasteiger charge is 2.30. The van der Waals surface area contributed by atoms with Gasteiger partial charge < -0.3 is 14.8 Å². The largest absolute Gasteiger partial charge is 0.331 e. The van der Waals surface area contributed by atoms with E-state index in [1.54, 1.807) is 17.2 Å². The smallest absolute Gasteiger partial charge is 0.259 e. The molecule has 9 nitrogen and oxygen atoms in total.